The maximum atomic E-state index is 13.2. The van der Waals surface area contributed by atoms with E-state index in [1.54, 1.807) is 24.3 Å². The van der Waals surface area contributed by atoms with Crippen LogP contribution < -0.4 is 20.2 Å². The second kappa shape index (κ2) is 10.7. The minimum absolute atomic E-state index is 0.249. The van der Waals surface area contributed by atoms with Crippen molar-refractivity contribution in [2.24, 2.45) is 0 Å². The third-order valence-corrected chi connectivity index (χ3v) is 5.84. The Labute approximate surface area is 197 Å². The van der Waals surface area contributed by atoms with Gasteiger partial charge in [0.15, 0.2) is 0 Å². The van der Waals surface area contributed by atoms with Crippen molar-refractivity contribution in [1.82, 2.24) is 14.5 Å². The Bertz CT molecular complexity index is 1110. The van der Waals surface area contributed by atoms with Crippen LogP contribution in [0, 0.1) is 5.82 Å². The van der Waals surface area contributed by atoms with Crippen molar-refractivity contribution in [1.29, 1.82) is 0 Å². The van der Waals surface area contributed by atoms with Gasteiger partial charge in [-0.15, -0.1) is 0 Å². The van der Waals surface area contributed by atoms with Gasteiger partial charge in [-0.1, -0.05) is 37.1 Å². The molecule has 1 saturated heterocycles. The van der Waals surface area contributed by atoms with Crippen molar-refractivity contribution >= 4 is 23.2 Å². The van der Waals surface area contributed by atoms with E-state index >= 15 is 0 Å². The number of hydrogen-bond acceptors (Lipinski definition) is 6. The lowest BCUT2D eigenvalue weighted by Crippen LogP contribution is -2.48. The van der Waals surface area contributed by atoms with Crippen molar-refractivity contribution < 1.29 is 9.13 Å². The first-order valence-corrected chi connectivity index (χ1v) is 11.5. The van der Waals surface area contributed by atoms with Crippen molar-refractivity contribution in [3.63, 3.8) is 0 Å². The first-order valence-electron chi connectivity index (χ1n) is 11.1. The highest BCUT2D eigenvalue weighted by atomic mass is 35.5. The lowest BCUT2D eigenvalue weighted by atomic mass is 10.2. The van der Waals surface area contributed by atoms with Crippen molar-refractivity contribution in [2.75, 3.05) is 42.6 Å². The number of hydrogen-bond donors (Lipinski definition) is 0. The van der Waals surface area contributed by atoms with E-state index in [0.717, 1.165) is 37.2 Å². The number of ether oxygens (including phenoxy) is 1. The predicted molar refractivity (Wildman–Crippen MR) is 128 cm³/mol. The summed E-state index contributed by atoms with van der Waals surface area (Å²) in [7, 11) is 0. The Morgan fingerprint density at radius 2 is 1.64 bits per heavy atom. The topological polar surface area (TPSA) is 63.5 Å². The van der Waals surface area contributed by atoms with E-state index in [0.29, 0.717) is 37.2 Å². The number of rotatable bonds is 8. The van der Waals surface area contributed by atoms with Crippen LogP contribution in [-0.2, 0) is 6.54 Å². The van der Waals surface area contributed by atoms with Gasteiger partial charge in [-0.3, -0.25) is 0 Å². The van der Waals surface area contributed by atoms with Gasteiger partial charge in [-0.2, -0.15) is 9.97 Å². The number of benzene rings is 2. The summed E-state index contributed by atoms with van der Waals surface area (Å²) in [6.07, 6.45) is 1.84. The van der Waals surface area contributed by atoms with Crippen LogP contribution in [0.5, 0.6) is 6.01 Å². The van der Waals surface area contributed by atoms with Crippen LogP contribution in [0.3, 0.4) is 0 Å². The molecule has 7 nitrogen and oxygen atoms in total. The predicted octanol–water partition coefficient (Wildman–Crippen LogP) is 3.98. The van der Waals surface area contributed by atoms with Gasteiger partial charge in [0.25, 0.3) is 0 Å². The number of aromatic nitrogens is 3. The SMILES string of the molecule is CCCCOc1nc(N2CCN(c3ccc(F)cc3)CC2)nc(=O)n1Cc1ccc(Cl)cc1. The molecule has 0 bridgehead atoms. The molecule has 1 aromatic heterocycles. The molecule has 0 saturated carbocycles. The average molecular weight is 472 g/mol. The normalized spacial score (nSPS) is 13.9. The fourth-order valence-electron chi connectivity index (χ4n) is 3.68. The zero-order valence-corrected chi connectivity index (χ0v) is 19.3. The number of anilines is 2. The van der Waals surface area contributed by atoms with Gasteiger partial charge in [0.2, 0.25) is 5.95 Å². The smallest absolute Gasteiger partial charge is 0.355 e. The molecule has 0 radical (unpaired) electrons. The van der Waals surface area contributed by atoms with Gasteiger partial charge in [0.05, 0.1) is 13.2 Å². The maximum absolute atomic E-state index is 13.2. The largest absolute Gasteiger partial charge is 0.464 e. The number of unbranched alkanes of at least 4 members (excludes halogenated alkanes) is 1. The third kappa shape index (κ3) is 5.82. The van der Waals surface area contributed by atoms with Crippen LogP contribution >= 0.6 is 11.6 Å². The van der Waals surface area contributed by atoms with Crippen LogP contribution in [0.15, 0.2) is 53.3 Å². The van der Waals surface area contributed by atoms with Gasteiger partial charge in [-0.05, 0) is 48.4 Å². The Morgan fingerprint density at radius 3 is 2.30 bits per heavy atom. The Kier molecular flexibility index (Phi) is 7.44. The average Bonchev–Trinajstić information content (AvgIpc) is 2.83. The molecule has 1 aliphatic rings. The van der Waals surface area contributed by atoms with E-state index in [1.807, 2.05) is 17.0 Å². The minimum atomic E-state index is -0.401. The molecule has 0 unspecified atom stereocenters. The first-order chi connectivity index (χ1) is 16.0. The lowest BCUT2D eigenvalue weighted by molar-refractivity contribution is 0.265. The van der Waals surface area contributed by atoms with Gasteiger partial charge >= 0.3 is 11.7 Å². The summed E-state index contributed by atoms with van der Waals surface area (Å²) in [5, 5.41) is 0.636. The van der Waals surface area contributed by atoms with E-state index in [2.05, 4.69) is 21.8 Å². The lowest BCUT2D eigenvalue weighted by Gasteiger charge is -2.36. The van der Waals surface area contributed by atoms with Crippen molar-refractivity contribution in [3.8, 4) is 6.01 Å². The van der Waals surface area contributed by atoms with Gasteiger partial charge in [-0.25, -0.2) is 13.8 Å². The standard InChI is InChI=1S/C24H27ClFN5O2/c1-2-3-16-33-24-28-22(27-23(32)31(24)17-18-4-6-19(25)7-5-18)30-14-12-29(13-15-30)21-10-8-20(26)9-11-21/h4-11H,2-3,12-17H2,1H3. The highest BCUT2D eigenvalue weighted by Gasteiger charge is 2.22. The summed E-state index contributed by atoms with van der Waals surface area (Å²) in [5.74, 6) is 0.123. The van der Waals surface area contributed by atoms with Crippen LogP contribution in [0.4, 0.5) is 16.0 Å². The second-order valence-corrected chi connectivity index (χ2v) is 8.39. The summed E-state index contributed by atoms with van der Waals surface area (Å²) < 4.78 is 20.6. The Hall–Kier alpha value is -3.13. The van der Waals surface area contributed by atoms with Crippen LogP contribution in [-0.4, -0.2) is 47.3 Å². The van der Waals surface area contributed by atoms with Crippen LogP contribution in [0.2, 0.25) is 5.02 Å². The second-order valence-electron chi connectivity index (χ2n) is 7.95. The molecule has 0 aliphatic carbocycles. The van der Waals surface area contributed by atoms with E-state index in [4.69, 9.17) is 16.3 Å². The molecule has 0 atom stereocenters. The molecule has 0 N–H and O–H groups in total. The summed E-state index contributed by atoms with van der Waals surface area (Å²) in [6.45, 7) is 5.58. The highest BCUT2D eigenvalue weighted by Crippen LogP contribution is 2.20. The van der Waals surface area contributed by atoms with E-state index in [9.17, 15) is 9.18 Å². The molecular formula is C24H27ClFN5O2. The first kappa shape index (κ1) is 23.0. The zero-order valence-electron chi connectivity index (χ0n) is 18.6. The fourth-order valence-corrected chi connectivity index (χ4v) is 3.81. The highest BCUT2D eigenvalue weighted by molar-refractivity contribution is 6.30. The molecule has 4 rings (SSSR count). The quantitative estimate of drug-likeness (QED) is 0.463. The molecule has 174 valence electrons. The summed E-state index contributed by atoms with van der Waals surface area (Å²) in [4.78, 5) is 26.0. The Balaban J connectivity index is 1.52. The maximum Gasteiger partial charge on any atom is 0.355 e. The molecule has 3 aromatic rings. The fraction of sp³-hybridized carbons (Fsp3) is 0.375. The van der Waals surface area contributed by atoms with E-state index in [1.165, 1.54) is 16.7 Å². The van der Waals surface area contributed by atoms with E-state index in [-0.39, 0.29) is 11.8 Å². The molecule has 1 aliphatic heterocycles. The van der Waals surface area contributed by atoms with Crippen LogP contribution in [0.1, 0.15) is 25.3 Å². The Morgan fingerprint density at radius 1 is 0.970 bits per heavy atom. The monoisotopic (exact) mass is 471 g/mol. The molecule has 0 amide bonds. The molecule has 2 heterocycles. The summed E-state index contributed by atoms with van der Waals surface area (Å²) in [5.41, 5.74) is 1.48. The molecule has 9 heteroatoms. The summed E-state index contributed by atoms with van der Waals surface area (Å²) in [6, 6.07) is 14.1. The number of piperazine rings is 1. The third-order valence-electron chi connectivity index (χ3n) is 5.59. The number of nitrogens with zero attached hydrogens (tertiary/aromatic N) is 5. The molecule has 0 spiro atoms. The van der Waals surface area contributed by atoms with Gasteiger partial charge < -0.3 is 14.5 Å². The zero-order chi connectivity index (χ0) is 23.2. The van der Waals surface area contributed by atoms with Crippen molar-refractivity contribution in [2.45, 2.75) is 26.3 Å². The van der Waals surface area contributed by atoms with Crippen molar-refractivity contribution in [3.05, 3.63) is 75.4 Å². The molecule has 2 aromatic carbocycles. The minimum Gasteiger partial charge on any atom is -0.464 e. The van der Waals surface area contributed by atoms with Crippen LogP contribution in [0.25, 0.3) is 0 Å². The van der Waals surface area contributed by atoms with E-state index < -0.39 is 5.69 Å². The van der Waals surface area contributed by atoms with Gasteiger partial charge in [0, 0.05) is 36.9 Å². The molecule has 1 fully saturated rings. The molecule has 33 heavy (non-hydrogen) atoms. The summed E-state index contributed by atoms with van der Waals surface area (Å²) >= 11 is 5.98. The van der Waals surface area contributed by atoms with Gasteiger partial charge in [0.1, 0.15) is 5.82 Å². The number of halogens is 2. The molecular weight excluding hydrogens is 445 g/mol.